The maximum absolute atomic E-state index is 13.1. The van der Waals surface area contributed by atoms with Crippen molar-refractivity contribution in [3.05, 3.63) is 69.1 Å². The zero-order valence-corrected chi connectivity index (χ0v) is 17.9. The second-order valence-corrected chi connectivity index (χ2v) is 9.26. The first-order chi connectivity index (χ1) is 13.1. The number of amides is 1. The third kappa shape index (κ3) is 3.63. The van der Waals surface area contributed by atoms with Gasteiger partial charge in [0.05, 0.1) is 5.69 Å². The van der Waals surface area contributed by atoms with Crippen LogP contribution >= 0.6 is 47.3 Å². The minimum Gasteiger partial charge on any atom is -0.334 e. The van der Waals surface area contributed by atoms with Crippen LogP contribution in [0.3, 0.4) is 0 Å². The van der Waals surface area contributed by atoms with Crippen LogP contribution in [-0.4, -0.2) is 28.2 Å². The molecule has 0 saturated carbocycles. The van der Waals surface area contributed by atoms with Crippen molar-refractivity contribution in [1.29, 1.82) is 0 Å². The van der Waals surface area contributed by atoms with E-state index in [9.17, 15) is 4.79 Å². The molecule has 138 valence electrons. The molecular weight excluding hydrogens is 416 g/mol. The number of hydrogen-bond acceptors (Lipinski definition) is 5. The molecule has 2 aliphatic heterocycles. The Labute approximate surface area is 177 Å². The van der Waals surface area contributed by atoms with E-state index in [1.807, 2.05) is 36.4 Å². The average Bonchev–Trinajstić information content (AvgIpc) is 3.17. The SMILES string of the molecule is CCN1C(=C2SC(=S)N(CCc3ccccc3)C2=O)Sc2ccc(Cl)cc21. The molecule has 2 aromatic rings. The molecule has 0 spiro atoms. The van der Waals surface area contributed by atoms with Crippen molar-refractivity contribution in [2.75, 3.05) is 18.0 Å². The standard InChI is InChI=1S/C20H17ClN2OS3/c1-2-22-15-12-14(21)8-9-16(15)26-19(22)17-18(24)23(20(25)27-17)11-10-13-6-4-3-5-7-13/h3-9,12H,2,10-11H2,1H3. The molecule has 0 N–H and O–H groups in total. The number of hydrogen-bond donors (Lipinski definition) is 0. The van der Waals surface area contributed by atoms with Crippen LogP contribution in [0.2, 0.25) is 5.02 Å². The number of thioether (sulfide) groups is 2. The topological polar surface area (TPSA) is 23.6 Å². The number of halogens is 1. The molecule has 0 aliphatic carbocycles. The third-order valence-electron chi connectivity index (χ3n) is 4.49. The minimum absolute atomic E-state index is 0.000726. The number of anilines is 1. The largest absolute Gasteiger partial charge is 0.334 e. The van der Waals surface area contributed by atoms with E-state index in [1.54, 1.807) is 16.7 Å². The van der Waals surface area contributed by atoms with Crippen molar-refractivity contribution in [2.24, 2.45) is 0 Å². The molecule has 3 nitrogen and oxygen atoms in total. The van der Waals surface area contributed by atoms with E-state index in [4.69, 9.17) is 23.8 Å². The lowest BCUT2D eigenvalue weighted by atomic mass is 10.1. The molecule has 2 aromatic carbocycles. The normalized spacial score (nSPS) is 19.2. The van der Waals surface area contributed by atoms with Crippen molar-refractivity contribution in [1.82, 2.24) is 4.90 Å². The molecule has 0 bridgehead atoms. The van der Waals surface area contributed by atoms with Gasteiger partial charge in [-0.25, -0.2) is 0 Å². The summed E-state index contributed by atoms with van der Waals surface area (Å²) in [6.07, 6.45) is 0.788. The van der Waals surface area contributed by atoms with Crippen molar-refractivity contribution < 1.29 is 4.79 Å². The van der Waals surface area contributed by atoms with Gasteiger partial charge in [0.1, 0.15) is 14.3 Å². The van der Waals surface area contributed by atoms with Crippen LogP contribution in [0.4, 0.5) is 5.69 Å². The zero-order valence-electron chi connectivity index (χ0n) is 14.6. The summed E-state index contributed by atoms with van der Waals surface area (Å²) in [6.45, 7) is 3.44. The number of fused-ring (bicyclic) bond motifs is 1. The van der Waals surface area contributed by atoms with Crippen LogP contribution in [0.25, 0.3) is 0 Å². The van der Waals surface area contributed by atoms with E-state index in [1.165, 1.54) is 17.3 Å². The fourth-order valence-electron chi connectivity index (χ4n) is 3.14. The summed E-state index contributed by atoms with van der Waals surface area (Å²) >= 11 is 14.7. The maximum atomic E-state index is 13.1. The predicted octanol–water partition coefficient (Wildman–Crippen LogP) is 5.54. The van der Waals surface area contributed by atoms with Gasteiger partial charge in [-0.3, -0.25) is 9.69 Å². The number of rotatable bonds is 4. The van der Waals surface area contributed by atoms with Gasteiger partial charge >= 0.3 is 0 Å². The molecule has 2 heterocycles. The van der Waals surface area contributed by atoms with E-state index >= 15 is 0 Å². The van der Waals surface area contributed by atoms with Crippen LogP contribution in [-0.2, 0) is 11.2 Å². The second kappa shape index (κ2) is 7.87. The number of carbonyl (C=O) groups is 1. The van der Waals surface area contributed by atoms with E-state index in [2.05, 4.69) is 24.0 Å². The summed E-state index contributed by atoms with van der Waals surface area (Å²) in [5.74, 6) is 0.000726. The number of benzene rings is 2. The van der Waals surface area contributed by atoms with Crippen LogP contribution < -0.4 is 4.90 Å². The van der Waals surface area contributed by atoms with Crippen LogP contribution in [0.15, 0.2) is 63.4 Å². The Morgan fingerprint density at radius 3 is 2.59 bits per heavy atom. The summed E-state index contributed by atoms with van der Waals surface area (Å²) in [5.41, 5.74) is 2.26. The molecule has 0 unspecified atom stereocenters. The third-order valence-corrected chi connectivity index (χ3v) is 7.47. The summed E-state index contributed by atoms with van der Waals surface area (Å²) in [4.78, 5) is 18.8. The van der Waals surface area contributed by atoms with Gasteiger partial charge in [-0.1, -0.05) is 77.7 Å². The molecule has 27 heavy (non-hydrogen) atoms. The molecule has 1 fully saturated rings. The minimum atomic E-state index is 0.000726. The Balaban J connectivity index is 1.59. The van der Waals surface area contributed by atoms with Gasteiger partial charge in [-0.05, 0) is 37.1 Å². The fourth-order valence-corrected chi connectivity index (χ4v) is 5.97. The van der Waals surface area contributed by atoms with Gasteiger partial charge < -0.3 is 4.90 Å². The van der Waals surface area contributed by atoms with E-state index in [0.717, 1.165) is 28.6 Å². The van der Waals surface area contributed by atoms with Crippen LogP contribution in [0, 0.1) is 0 Å². The van der Waals surface area contributed by atoms with E-state index < -0.39 is 0 Å². The molecule has 4 rings (SSSR count). The van der Waals surface area contributed by atoms with Gasteiger partial charge in [0.15, 0.2) is 0 Å². The van der Waals surface area contributed by atoms with Gasteiger partial charge in [0.25, 0.3) is 5.91 Å². The Bertz CT molecular complexity index is 945. The summed E-state index contributed by atoms with van der Waals surface area (Å²) in [5, 5.41) is 1.65. The fraction of sp³-hybridized carbons (Fsp3) is 0.200. The Kier molecular flexibility index (Phi) is 5.50. The summed E-state index contributed by atoms with van der Waals surface area (Å²) < 4.78 is 0.629. The van der Waals surface area contributed by atoms with E-state index in [0.29, 0.717) is 20.8 Å². The lowest BCUT2D eigenvalue weighted by Gasteiger charge is -2.19. The first-order valence-electron chi connectivity index (χ1n) is 8.65. The zero-order chi connectivity index (χ0) is 19.0. The second-order valence-electron chi connectivity index (χ2n) is 6.15. The van der Waals surface area contributed by atoms with Crippen LogP contribution in [0.5, 0.6) is 0 Å². The van der Waals surface area contributed by atoms with Crippen molar-refractivity contribution in [2.45, 2.75) is 18.2 Å². The molecule has 0 radical (unpaired) electrons. The average molecular weight is 433 g/mol. The lowest BCUT2D eigenvalue weighted by Crippen LogP contribution is -2.31. The summed E-state index contributed by atoms with van der Waals surface area (Å²) in [7, 11) is 0. The quantitative estimate of drug-likeness (QED) is 0.466. The predicted molar refractivity (Wildman–Crippen MR) is 119 cm³/mol. The Morgan fingerprint density at radius 2 is 1.85 bits per heavy atom. The number of thiocarbonyl (C=S) groups is 1. The molecule has 1 saturated heterocycles. The molecule has 0 aromatic heterocycles. The monoisotopic (exact) mass is 432 g/mol. The first kappa shape index (κ1) is 18.9. The summed E-state index contributed by atoms with van der Waals surface area (Å²) in [6, 6.07) is 16.0. The number of nitrogens with zero attached hydrogens (tertiary/aromatic N) is 2. The highest BCUT2D eigenvalue weighted by molar-refractivity contribution is 8.27. The molecule has 7 heteroatoms. The van der Waals surface area contributed by atoms with Gasteiger partial charge in [0, 0.05) is 23.0 Å². The van der Waals surface area contributed by atoms with Gasteiger partial charge in [0.2, 0.25) is 0 Å². The highest BCUT2D eigenvalue weighted by atomic mass is 35.5. The highest BCUT2D eigenvalue weighted by Crippen LogP contribution is 2.51. The van der Waals surface area contributed by atoms with Crippen molar-refractivity contribution in [3.63, 3.8) is 0 Å². The van der Waals surface area contributed by atoms with Crippen molar-refractivity contribution in [3.8, 4) is 0 Å². The lowest BCUT2D eigenvalue weighted by molar-refractivity contribution is -0.122. The molecule has 2 aliphatic rings. The number of carbonyl (C=O) groups excluding carboxylic acids is 1. The van der Waals surface area contributed by atoms with Gasteiger partial charge in [-0.2, -0.15) is 0 Å². The van der Waals surface area contributed by atoms with Gasteiger partial charge in [-0.15, -0.1) is 0 Å². The first-order valence-corrected chi connectivity index (χ1v) is 11.1. The highest BCUT2D eigenvalue weighted by Gasteiger charge is 2.38. The molecular formula is C20H17ClN2OS3. The molecule has 0 atom stereocenters. The van der Waals surface area contributed by atoms with Crippen LogP contribution in [0.1, 0.15) is 12.5 Å². The van der Waals surface area contributed by atoms with E-state index in [-0.39, 0.29) is 5.91 Å². The Morgan fingerprint density at radius 1 is 1.07 bits per heavy atom. The Hall–Kier alpha value is -1.47. The van der Waals surface area contributed by atoms with Crippen molar-refractivity contribution >= 4 is 63.3 Å². The maximum Gasteiger partial charge on any atom is 0.268 e. The molecule has 1 amide bonds. The smallest absolute Gasteiger partial charge is 0.268 e.